The normalized spacial score (nSPS) is 12.8. The van der Waals surface area contributed by atoms with Crippen LogP contribution < -0.4 is 11.1 Å². The summed E-state index contributed by atoms with van der Waals surface area (Å²) >= 11 is 0. The first-order chi connectivity index (χ1) is 8.70. The largest absolute Gasteiger partial charge is 0.382 e. The first-order valence-electron chi connectivity index (χ1n) is 6.56. The number of unbranched alkanes of at least 4 members (excludes halogenated alkanes) is 2. The minimum Gasteiger partial charge on any atom is -0.382 e. The predicted molar refractivity (Wildman–Crippen MR) is 74.6 cm³/mol. The van der Waals surface area contributed by atoms with E-state index in [2.05, 4.69) is 29.1 Å². The third-order valence-corrected chi connectivity index (χ3v) is 3.02. The van der Waals surface area contributed by atoms with E-state index >= 15 is 0 Å². The van der Waals surface area contributed by atoms with Gasteiger partial charge in [-0.05, 0) is 13.3 Å². The molecular weight excluding hydrogens is 226 g/mol. The molecule has 18 heavy (non-hydrogen) atoms. The number of nitrogen functional groups attached to an aromatic ring is 1. The molecule has 5 nitrogen and oxygen atoms in total. The molecular formula is C13H21N5. The predicted octanol–water partition coefficient (Wildman–Crippen LogP) is 2.69. The van der Waals surface area contributed by atoms with Crippen molar-refractivity contribution in [2.75, 3.05) is 11.1 Å². The number of hydrogen-bond donors (Lipinski definition) is 2. The number of fused-ring (bicyclic) bond motifs is 1. The third kappa shape index (κ3) is 2.91. The molecule has 0 bridgehead atoms. The van der Waals surface area contributed by atoms with Crippen molar-refractivity contribution in [2.45, 2.75) is 45.6 Å². The molecule has 3 N–H and O–H groups in total. The van der Waals surface area contributed by atoms with E-state index in [1.165, 1.54) is 19.3 Å². The molecule has 0 fully saturated rings. The van der Waals surface area contributed by atoms with E-state index in [9.17, 15) is 0 Å². The van der Waals surface area contributed by atoms with Crippen molar-refractivity contribution < 1.29 is 0 Å². The van der Waals surface area contributed by atoms with Crippen molar-refractivity contribution in [3.05, 3.63) is 18.6 Å². The number of nitrogens with one attached hydrogen (secondary N) is 1. The average molecular weight is 247 g/mol. The van der Waals surface area contributed by atoms with Gasteiger partial charge in [0.15, 0.2) is 11.5 Å². The minimum absolute atomic E-state index is 0.381. The van der Waals surface area contributed by atoms with Crippen molar-refractivity contribution in [1.29, 1.82) is 0 Å². The van der Waals surface area contributed by atoms with E-state index in [1.54, 1.807) is 12.4 Å². The molecule has 0 spiro atoms. The Labute approximate surface area is 107 Å². The van der Waals surface area contributed by atoms with E-state index < -0.39 is 0 Å². The summed E-state index contributed by atoms with van der Waals surface area (Å²) < 4.78 is 1.89. The van der Waals surface area contributed by atoms with Gasteiger partial charge >= 0.3 is 0 Å². The fourth-order valence-corrected chi connectivity index (χ4v) is 2.05. The van der Waals surface area contributed by atoms with Crippen molar-refractivity contribution in [1.82, 2.24) is 14.4 Å². The van der Waals surface area contributed by atoms with Crippen LogP contribution in [-0.4, -0.2) is 20.4 Å². The highest BCUT2D eigenvalue weighted by atomic mass is 15.1. The number of anilines is 2. The summed E-state index contributed by atoms with van der Waals surface area (Å²) in [6.07, 6.45) is 10.3. The van der Waals surface area contributed by atoms with Crippen LogP contribution in [0.4, 0.5) is 11.6 Å². The van der Waals surface area contributed by atoms with Gasteiger partial charge in [-0.1, -0.05) is 26.2 Å². The van der Waals surface area contributed by atoms with Crippen molar-refractivity contribution >= 4 is 17.3 Å². The van der Waals surface area contributed by atoms with Crippen LogP contribution in [0.3, 0.4) is 0 Å². The van der Waals surface area contributed by atoms with Crippen LogP contribution in [-0.2, 0) is 0 Å². The Morgan fingerprint density at radius 1 is 1.44 bits per heavy atom. The van der Waals surface area contributed by atoms with Crippen LogP contribution in [0, 0.1) is 0 Å². The van der Waals surface area contributed by atoms with E-state index in [4.69, 9.17) is 5.73 Å². The summed E-state index contributed by atoms with van der Waals surface area (Å²) in [5.41, 5.74) is 6.61. The highest BCUT2D eigenvalue weighted by molar-refractivity contribution is 5.65. The standard InChI is InChI=1S/C13H21N5/c1-3-4-5-6-10(2)16-12-13-15-7-8-18(13)9-11(14)17-12/h7-10H,3-6,14H2,1-2H3,(H,16,17). The number of nitrogens with two attached hydrogens (primary N) is 1. The summed E-state index contributed by atoms with van der Waals surface area (Å²) in [5.74, 6) is 1.27. The Hall–Kier alpha value is -1.78. The van der Waals surface area contributed by atoms with Crippen molar-refractivity contribution in [3.63, 3.8) is 0 Å². The van der Waals surface area contributed by atoms with Gasteiger partial charge in [0.1, 0.15) is 5.82 Å². The number of rotatable bonds is 6. The van der Waals surface area contributed by atoms with Gasteiger partial charge in [-0.3, -0.25) is 0 Å². The van der Waals surface area contributed by atoms with Gasteiger partial charge in [0.2, 0.25) is 0 Å². The van der Waals surface area contributed by atoms with E-state index in [0.717, 1.165) is 17.9 Å². The number of aromatic nitrogens is 3. The third-order valence-electron chi connectivity index (χ3n) is 3.02. The van der Waals surface area contributed by atoms with Gasteiger partial charge in [0.25, 0.3) is 0 Å². The van der Waals surface area contributed by atoms with Crippen LogP contribution in [0.2, 0.25) is 0 Å². The van der Waals surface area contributed by atoms with Gasteiger partial charge in [0.05, 0.1) is 6.20 Å². The second kappa shape index (κ2) is 5.71. The Bertz CT molecular complexity index is 505. The maximum absolute atomic E-state index is 5.78. The zero-order valence-electron chi connectivity index (χ0n) is 11.1. The number of hydrogen-bond acceptors (Lipinski definition) is 4. The van der Waals surface area contributed by atoms with Crippen molar-refractivity contribution in [3.8, 4) is 0 Å². The summed E-state index contributed by atoms with van der Waals surface area (Å²) in [5, 5.41) is 3.40. The zero-order valence-corrected chi connectivity index (χ0v) is 11.1. The lowest BCUT2D eigenvalue weighted by atomic mass is 10.1. The number of imidazole rings is 1. The number of nitrogens with zero attached hydrogens (tertiary/aromatic N) is 3. The molecule has 0 aliphatic carbocycles. The molecule has 0 radical (unpaired) electrons. The van der Waals surface area contributed by atoms with Gasteiger partial charge < -0.3 is 15.5 Å². The maximum Gasteiger partial charge on any atom is 0.180 e. The smallest absolute Gasteiger partial charge is 0.180 e. The van der Waals surface area contributed by atoms with Gasteiger partial charge in [-0.15, -0.1) is 0 Å². The molecule has 5 heteroatoms. The maximum atomic E-state index is 5.78. The average Bonchev–Trinajstić information content (AvgIpc) is 2.77. The van der Waals surface area contributed by atoms with Crippen LogP contribution in [0.5, 0.6) is 0 Å². The summed E-state index contributed by atoms with van der Waals surface area (Å²) in [7, 11) is 0. The highest BCUT2D eigenvalue weighted by Crippen LogP contribution is 2.17. The molecule has 1 unspecified atom stereocenters. The molecule has 2 heterocycles. The van der Waals surface area contributed by atoms with Crippen LogP contribution >= 0.6 is 0 Å². The zero-order chi connectivity index (χ0) is 13.0. The molecule has 0 amide bonds. The fraction of sp³-hybridized carbons (Fsp3) is 0.538. The van der Waals surface area contributed by atoms with Gasteiger partial charge in [-0.2, -0.15) is 0 Å². The molecule has 0 saturated heterocycles. The molecule has 2 aromatic rings. The Morgan fingerprint density at radius 3 is 3.06 bits per heavy atom. The monoisotopic (exact) mass is 247 g/mol. The molecule has 0 saturated carbocycles. The molecule has 2 rings (SSSR count). The lowest BCUT2D eigenvalue weighted by Gasteiger charge is -2.15. The highest BCUT2D eigenvalue weighted by Gasteiger charge is 2.09. The molecule has 0 aromatic carbocycles. The lowest BCUT2D eigenvalue weighted by Crippen LogP contribution is -2.17. The topological polar surface area (TPSA) is 68.2 Å². The second-order valence-corrected chi connectivity index (χ2v) is 4.71. The van der Waals surface area contributed by atoms with Gasteiger partial charge in [-0.25, -0.2) is 9.97 Å². The SMILES string of the molecule is CCCCCC(C)Nc1nc(N)cn2ccnc12. The fourth-order valence-electron chi connectivity index (χ4n) is 2.05. The Morgan fingerprint density at radius 2 is 2.28 bits per heavy atom. The summed E-state index contributed by atoms with van der Waals surface area (Å²) in [6, 6.07) is 0.381. The van der Waals surface area contributed by atoms with Gasteiger partial charge in [0, 0.05) is 18.4 Å². The van der Waals surface area contributed by atoms with Crippen molar-refractivity contribution in [2.24, 2.45) is 0 Å². The van der Waals surface area contributed by atoms with E-state index in [0.29, 0.717) is 11.9 Å². The molecule has 0 aliphatic rings. The van der Waals surface area contributed by atoms with Crippen LogP contribution in [0.25, 0.3) is 5.65 Å². The molecule has 0 aliphatic heterocycles. The van der Waals surface area contributed by atoms with Crippen LogP contribution in [0.1, 0.15) is 39.5 Å². The molecule has 98 valence electrons. The first kappa shape index (κ1) is 12.7. The first-order valence-corrected chi connectivity index (χ1v) is 6.56. The Kier molecular flexibility index (Phi) is 4.02. The minimum atomic E-state index is 0.381. The van der Waals surface area contributed by atoms with E-state index in [1.807, 2.05) is 10.6 Å². The summed E-state index contributed by atoms with van der Waals surface area (Å²) in [4.78, 5) is 8.62. The lowest BCUT2D eigenvalue weighted by molar-refractivity contribution is 0.614. The Balaban J connectivity index is 2.08. The summed E-state index contributed by atoms with van der Waals surface area (Å²) in [6.45, 7) is 4.38. The van der Waals surface area contributed by atoms with Crippen LogP contribution in [0.15, 0.2) is 18.6 Å². The van der Waals surface area contributed by atoms with E-state index in [-0.39, 0.29) is 0 Å². The molecule has 2 aromatic heterocycles. The quantitative estimate of drug-likeness (QED) is 0.770. The second-order valence-electron chi connectivity index (χ2n) is 4.71. The molecule has 1 atom stereocenters.